The van der Waals surface area contributed by atoms with Crippen molar-refractivity contribution in [2.75, 3.05) is 7.11 Å². The minimum atomic E-state index is -0.953. The second-order valence-corrected chi connectivity index (χ2v) is 3.70. The van der Waals surface area contributed by atoms with Crippen molar-refractivity contribution >= 4 is 5.97 Å². The first-order valence-corrected chi connectivity index (χ1v) is 5.20. The van der Waals surface area contributed by atoms with Gasteiger partial charge in [-0.3, -0.25) is 9.89 Å². The molecule has 1 aromatic heterocycles. The number of nitrogens with zero attached hydrogens (tertiary/aromatic N) is 1. The molecule has 0 aliphatic rings. The number of aliphatic carboxylic acids is 1. The number of ether oxygens (including phenoxy) is 1. The highest BCUT2D eigenvalue weighted by Crippen LogP contribution is 2.24. The minimum Gasteiger partial charge on any atom is -0.494 e. The van der Waals surface area contributed by atoms with Crippen LogP contribution in [-0.4, -0.2) is 28.4 Å². The van der Waals surface area contributed by atoms with Crippen molar-refractivity contribution in [2.45, 2.75) is 6.42 Å². The number of hydrogen-bond donors (Lipinski definition) is 2. The Bertz CT molecular complexity index is 580. The van der Waals surface area contributed by atoms with Crippen molar-refractivity contribution in [3.05, 3.63) is 35.8 Å². The van der Waals surface area contributed by atoms with Crippen LogP contribution in [-0.2, 0) is 11.2 Å². The van der Waals surface area contributed by atoms with E-state index in [2.05, 4.69) is 10.2 Å². The fraction of sp³-hybridized carbons (Fsp3) is 0.167. The maximum atomic E-state index is 13.5. The predicted molar refractivity (Wildman–Crippen MR) is 61.9 cm³/mol. The van der Waals surface area contributed by atoms with Gasteiger partial charge in [-0.1, -0.05) is 0 Å². The van der Waals surface area contributed by atoms with Crippen LogP contribution in [0, 0.1) is 5.82 Å². The third kappa shape index (κ3) is 2.48. The van der Waals surface area contributed by atoms with E-state index in [0.717, 1.165) is 0 Å². The number of hydrogen-bond acceptors (Lipinski definition) is 3. The first-order valence-electron chi connectivity index (χ1n) is 5.20. The number of carboxylic acids is 1. The molecule has 0 bridgehead atoms. The number of carbonyl (C=O) groups is 1. The molecule has 0 spiro atoms. The summed E-state index contributed by atoms with van der Waals surface area (Å²) in [4.78, 5) is 10.5. The molecule has 0 amide bonds. The zero-order valence-electron chi connectivity index (χ0n) is 9.61. The normalized spacial score (nSPS) is 10.3. The summed E-state index contributed by atoms with van der Waals surface area (Å²) in [6.07, 6.45) is -0.147. The molecule has 18 heavy (non-hydrogen) atoms. The molecule has 2 aromatic rings. The summed E-state index contributed by atoms with van der Waals surface area (Å²) in [6.45, 7) is 0. The lowest BCUT2D eigenvalue weighted by Gasteiger charge is -2.02. The topological polar surface area (TPSA) is 75.2 Å². The van der Waals surface area contributed by atoms with Gasteiger partial charge in [-0.25, -0.2) is 4.39 Å². The maximum absolute atomic E-state index is 13.5. The molecule has 0 saturated heterocycles. The fourth-order valence-electron chi connectivity index (χ4n) is 1.59. The fourth-order valence-corrected chi connectivity index (χ4v) is 1.59. The highest BCUT2D eigenvalue weighted by atomic mass is 19.1. The van der Waals surface area contributed by atoms with Gasteiger partial charge in [0.2, 0.25) is 0 Å². The SMILES string of the molecule is COc1ccc(-c2cc(CC(=O)O)[nH]n2)cc1F. The lowest BCUT2D eigenvalue weighted by Crippen LogP contribution is -1.99. The summed E-state index contributed by atoms with van der Waals surface area (Å²) in [6, 6.07) is 6.02. The number of rotatable bonds is 4. The Kier molecular flexibility index (Phi) is 3.27. The van der Waals surface area contributed by atoms with Crippen LogP contribution in [0.2, 0.25) is 0 Å². The van der Waals surface area contributed by atoms with Gasteiger partial charge >= 0.3 is 5.97 Å². The first kappa shape index (κ1) is 12.1. The Balaban J connectivity index is 2.28. The van der Waals surface area contributed by atoms with Gasteiger partial charge in [0, 0.05) is 11.3 Å². The molecular weight excluding hydrogens is 239 g/mol. The molecule has 0 radical (unpaired) electrons. The smallest absolute Gasteiger partial charge is 0.309 e. The average molecular weight is 250 g/mol. The van der Waals surface area contributed by atoms with Crippen LogP contribution in [0.5, 0.6) is 5.75 Å². The summed E-state index contributed by atoms with van der Waals surface area (Å²) < 4.78 is 18.3. The Morgan fingerprint density at radius 1 is 1.50 bits per heavy atom. The zero-order chi connectivity index (χ0) is 13.1. The molecule has 0 unspecified atom stereocenters. The highest BCUT2D eigenvalue weighted by molar-refractivity contribution is 5.70. The molecule has 0 fully saturated rings. The Hall–Kier alpha value is -2.37. The van der Waals surface area contributed by atoms with Gasteiger partial charge in [0.15, 0.2) is 11.6 Å². The van der Waals surface area contributed by atoms with E-state index in [1.165, 1.54) is 19.2 Å². The van der Waals surface area contributed by atoms with Gasteiger partial charge in [-0.05, 0) is 24.3 Å². The molecule has 0 aliphatic carbocycles. The van der Waals surface area contributed by atoms with E-state index in [4.69, 9.17) is 9.84 Å². The number of carboxylic acid groups (broad SMARTS) is 1. The van der Waals surface area contributed by atoms with E-state index in [-0.39, 0.29) is 12.2 Å². The maximum Gasteiger partial charge on any atom is 0.309 e. The van der Waals surface area contributed by atoms with E-state index < -0.39 is 11.8 Å². The molecule has 2 N–H and O–H groups in total. The summed E-state index contributed by atoms with van der Waals surface area (Å²) in [5.41, 5.74) is 1.52. The van der Waals surface area contributed by atoms with Crippen molar-refractivity contribution in [1.82, 2.24) is 10.2 Å². The van der Waals surface area contributed by atoms with Crippen LogP contribution in [0.15, 0.2) is 24.3 Å². The standard InChI is InChI=1S/C12H11FN2O3/c1-18-11-3-2-7(4-9(11)13)10-5-8(14-15-10)6-12(16)17/h2-5H,6H2,1H3,(H,14,15)(H,16,17). The number of halogens is 1. The summed E-state index contributed by atoms with van der Waals surface area (Å²) >= 11 is 0. The Morgan fingerprint density at radius 3 is 2.89 bits per heavy atom. The highest BCUT2D eigenvalue weighted by Gasteiger charge is 2.09. The number of benzene rings is 1. The molecule has 0 atom stereocenters. The lowest BCUT2D eigenvalue weighted by molar-refractivity contribution is -0.136. The van der Waals surface area contributed by atoms with Crippen LogP contribution < -0.4 is 4.74 Å². The second kappa shape index (κ2) is 4.87. The van der Waals surface area contributed by atoms with Gasteiger partial charge < -0.3 is 9.84 Å². The van der Waals surface area contributed by atoms with Gasteiger partial charge in [0.25, 0.3) is 0 Å². The molecule has 0 aliphatic heterocycles. The molecule has 1 heterocycles. The number of aromatic amines is 1. The van der Waals surface area contributed by atoms with Crippen LogP contribution in [0.1, 0.15) is 5.69 Å². The van der Waals surface area contributed by atoms with Gasteiger partial charge in [0.1, 0.15) is 0 Å². The summed E-state index contributed by atoms with van der Waals surface area (Å²) in [5.74, 6) is -1.29. The largest absolute Gasteiger partial charge is 0.494 e. The van der Waals surface area contributed by atoms with Gasteiger partial charge in [-0.2, -0.15) is 5.10 Å². The first-order chi connectivity index (χ1) is 8.60. The monoisotopic (exact) mass is 250 g/mol. The van der Waals surface area contributed by atoms with Crippen molar-refractivity contribution < 1.29 is 19.0 Å². The number of methoxy groups -OCH3 is 1. The van der Waals surface area contributed by atoms with E-state index in [1.54, 1.807) is 12.1 Å². The lowest BCUT2D eigenvalue weighted by atomic mass is 10.1. The van der Waals surface area contributed by atoms with Gasteiger partial charge in [-0.15, -0.1) is 0 Å². The van der Waals surface area contributed by atoms with Crippen molar-refractivity contribution in [3.8, 4) is 17.0 Å². The average Bonchev–Trinajstić information content (AvgIpc) is 2.76. The van der Waals surface area contributed by atoms with Gasteiger partial charge in [0.05, 0.1) is 19.2 Å². The summed E-state index contributed by atoms with van der Waals surface area (Å²) in [5, 5.41) is 15.2. The summed E-state index contributed by atoms with van der Waals surface area (Å²) in [7, 11) is 1.39. The third-order valence-electron chi connectivity index (χ3n) is 2.42. The molecule has 2 rings (SSSR count). The van der Waals surface area contributed by atoms with Crippen LogP contribution in [0.3, 0.4) is 0 Å². The van der Waals surface area contributed by atoms with Crippen molar-refractivity contribution in [3.63, 3.8) is 0 Å². The Labute approximate surface area is 102 Å². The number of H-pyrrole nitrogens is 1. The van der Waals surface area contributed by atoms with E-state index in [9.17, 15) is 9.18 Å². The molecule has 5 nitrogen and oxygen atoms in total. The Morgan fingerprint density at radius 2 is 2.28 bits per heavy atom. The third-order valence-corrected chi connectivity index (χ3v) is 2.42. The second-order valence-electron chi connectivity index (χ2n) is 3.70. The molecular formula is C12H11FN2O3. The van der Waals surface area contributed by atoms with Crippen molar-refractivity contribution in [2.24, 2.45) is 0 Å². The van der Waals surface area contributed by atoms with Crippen LogP contribution >= 0.6 is 0 Å². The van der Waals surface area contributed by atoms with E-state index >= 15 is 0 Å². The quantitative estimate of drug-likeness (QED) is 0.868. The zero-order valence-corrected chi connectivity index (χ0v) is 9.61. The molecule has 94 valence electrons. The van der Waals surface area contributed by atoms with Crippen LogP contribution in [0.25, 0.3) is 11.3 Å². The predicted octanol–water partition coefficient (Wildman–Crippen LogP) is 1.85. The van der Waals surface area contributed by atoms with E-state index in [0.29, 0.717) is 17.0 Å². The van der Waals surface area contributed by atoms with Crippen LogP contribution in [0.4, 0.5) is 4.39 Å². The number of aromatic nitrogens is 2. The number of nitrogens with one attached hydrogen (secondary N) is 1. The van der Waals surface area contributed by atoms with E-state index in [1.807, 2.05) is 0 Å². The molecule has 0 saturated carbocycles. The minimum absolute atomic E-state index is 0.147. The molecule has 6 heteroatoms. The molecule has 1 aromatic carbocycles. The van der Waals surface area contributed by atoms with Crippen molar-refractivity contribution in [1.29, 1.82) is 0 Å².